The van der Waals surface area contributed by atoms with Gasteiger partial charge in [0.25, 0.3) is 5.56 Å². The van der Waals surface area contributed by atoms with Gasteiger partial charge in [-0.05, 0) is 30.5 Å². The minimum Gasteiger partial charge on any atom is -0.325 e. The first-order chi connectivity index (χ1) is 14.4. The van der Waals surface area contributed by atoms with E-state index in [0.717, 1.165) is 10.4 Å². The number of hydrogen-bond acceptors (Lipinski definition) is 7. The summed E-state index contributed by atoms with van der Waals surface area (Å²) in [4.78, 5) is 43.1. The number of hydrogen-bond donors (Lipinski definition) is 1. The molecule has 0 radical (unpaired) electrons. The van der Waals surface area contributed by atoms with E-state index in [1.54, 1.807) is 42.6 Å². The van der Waals surface area contributed by atoms with E-state index in [0.29, 0.717) is 26.6 Å². The number of benzene rings is 1. The van der Waals surface area contributed by atoms with Crippen molar-refractivity contribution in [2.45, 2.75) is 12.1 Å². The van der Waals surface area contributed by atoms with E-state index in [-0.39, 0.29) is 23.0 Å². The lowest BCUT2D eigenvalue weighted by molar-refractivity contribution is -0.113. The average molecular weight is 456 g/mol. The lowest BCUT2D eigenvalue weighted by atomic mass is 10.1. The smallest absolute Gasteiger partial charge is 0.263 e. The molecule has 0 saturated heterocycles. The van der Waals surface area contributed by atoms with E-state index < -0.39 is 0 Å². The van der Waals surface area contributed by atoms with Crippen LogP contribution in [0, 0.1) is 0 Å². The van der Waals surface area contributed by atoms with E-state index in [4.69, 9.17) is 0 Å². The Morgan fingerprint density at radius 2 is 2.03 bits per heavy atom. The topological polar surface area (TPSA) is 81.1 Å². The number of anilines is 1. The number of amides is 1. The predicted molar refractivity (Wildman–Crippen MR) is 124 cm³/mol. The van der Waals surface area contributed by atoms with Gasteiger partial charge in [0.05, 0.1) is 11.1 Å². The fourth-order valence-electron chi connectivity index (χ4n) is 2.94. The highest BCUT2D eigenvalue weighted by molar-refractivity contribution is 7.99. The second kappa shape index (κ2) is 8.55. The summed E-state index contributed by atoms with van der Waals surface area (Å²) in [6.07, 6.45) is 0. The van der Waals surface area contributed by atoms with Crippen molar-refractivity contribution in [2.75, 3.05) is 11.1 Å². The molecule has 152 valence electrons. The van der Waals surface area contributed by atoms with Crippen LogP contribution in [0.3, 0.4) is 0 Å². The largest absolute Gasteiger partial charge is 0.325 e. The van der Waals surface area contributed by atoms with Gasteiger partial charge in [-0.25, -0.2) is 4.98 Å². The monoisotopic (exact) mass is 455 g/mol. The molecule has 30 heavy (non-hydrogen) atoms. The van der Waals surface area contributed by atoms with Crippen LogP contribution >= 0.6 is 34.4 Å². The summed E-state index contributed by atoms with van der Waals surface area (Å²) in [6, 6.07) is 10.7. The molecule has 0 aliphatic heterocycles. The Balaban J connectivity index is 1.52. The first kappa shape index (κ1) is 20.5. The van der Waals surface area contributed by atoms with Crippen LogP contribution in [0.5, 0.6) is 0 Å². The number of ketones is 1. The third kappa shape index (κ3) is 4.09. The Hall–Kier alpha value is -2.75. The molecule has 3 aromatic heterocycles. The average Bonchev–Trinajstić information content (AvgIpc) is 3.39. The van der Waals surface area contributed by atoms with Crippen molar-refractivity contribution in [3.05, 3.63) is 63.1 Å². The highest BCUT2D eigenvalue weighted by Crippen LogP contribution is 2.34. The standard InChI is InChI=1S/C21H17N3O3S3/c1-12(25)13-5-3-6-14(9-13)22-17(26)11-30-21-23-19-18(20(27)24(21)2)15(10-29-19)16-7-4-8-28-16/h3-10H,11H2,1-2H3,(H,22,26). The number of rotatable bonds is 6. The molecule has 1 aromatic carbocycles. The first-order valence-corrected chi connectivity index (χ1v) is 11.7. The minimum absolute atomic E-state index is 0.0640. The molecular weight excluding hydrogens is 438 g/mol. The molecule has 0 unspecified atom stereocenters. The van der Waals surface area contributed by atoms with Gasteiger partial charge < -0.3 is 5.32 Å². The summed E-state index contributed by atoms with van der Waals surface area (Å²) in [6.45, 7) is 1.48. The minimum atomic E-state index is -0.236. The van der Waals surface area contributed by atoms with E-state index in [1.807, 2.05) is 22.9 Å². The summed E-state index contributed by atoms with van der Waals surface area (Å²) in [5.41, 5.74) is 1.87. The summed E-state index contributed by atoms with van der Waals surface area (Å²) >= 11 is 4.21. The molecule has 9 heteroatoms. The van der Waals surface area contributed by atoms with Gasteiger partial charge >= 0.3 is 0 Å². The van der Waals surface area contributed by atoms with Crippen LogP contribution in [0.2, 0.25) is 0 Å². The molecule has 4 aromatic rings. The molecule has 4 rings (SSSR count). The Labute approximate surface area is 184 Å². The molecular formula is C21H17N3O3S3. The van der Waals surface area contributed by atoms with Gasteiger partial charge in [-0.2, -0.15) is 0 Å². The number of nitrogens with zero attached hydrogens (tertiary/aromatic N) is 2. The van der Waals surface area contributed by atoms with Crippen molar-refractivity contribution in [1.82, 2.24) is 9.55 Å². The molecule has 3 heterocycles. The number of Topliss-reactive ketones (excluding diaryl/α,β-unsaturated/α-hetero) is 1. The van der Waals surface area contributed by atoms with Crippen LogP contribution in [-0.2, 0) is 11.8 Å². The second-order valence-corrected chi connectivity index (χ2v) is 9.29. The zero-order valence-electron chi connectivity index (χ0n) is 16.2. The van der Waals surface area contributed by atoms with Gasteiger partial charge in [-0.1, -0.05) is 30.0 Å². The van der Waals surface area contributed by atoms with Gasteiger partial charge in [-0.15, -0.1) is 22.7 Å². The van der Waals surface area contributed by atoms with E-state index in [1.165, 1.54) is 34.6 Å². The number of nitrogens with one attached hydrogen (secondary N) is 1. The second-order valence-electron chi connectivity index (χ2n) is 6.54. The summed E-state index contributed by atoms with van der Waals surface area (Å²) in [7, 11) is 1.67. The predicted octanol–water partition coefficient (Wildman–Crippen LogP) is 4.66. The van der Waals surface area contributed by atoms with Crippen LogP contribution in [0.1, 0.15) is 17.3 Å². The fourth-order valence-corrected chi connectivity index (χ4v) is 5.51. The van der Waals surface area contributed by atoms with E-state index in [2.05, 4.69) is 10.3 Å². The number of thioether (sulfide) groups is 1. The molecule has 0 saturated carbocycles. The zero-order valence-corrected chi connectivity index (χ0v) is 18.6. The maximum absolute atomic E-state index is 13.0. The normalized spacial score (nSPS) is 11.0. The lowest BCUT2D eigenvalue weighted by Gasteiger charge is -2.09. The number of fused-ring (bicyclic) bond motifs is 1. The van der Waals surface area contributed by atoms with Crippen LogP contribution in [0.15, 0.2) is 57.1 Å². The van der Waals surface area contributed by atoms with Crippen LogP contribution in [0.4, 0.5) is 5.69 Å². The lowest BCUT2D eigenvalue weighted by Crippen LogP contribution is -2.21. The Kier molecular flexibility index (Phi) is 5.85. The van der Waals surface area contributed by atoms with E-state index >= 15 is 0 Å². The molecule has 6 nitrogen and oxygen atoms in total. The Morgan fingerprint density at radius 3 is 2.77 bits per heavy atom. The van der Waals surface area contributed by atoms with Gasteiger partial charge in [0.15, 0.2) is 10.9 Å². The van der Waals surface area contributed by atoms with Crippen molar-refractivity contribution >= 4 is 62.0 Å². The third-order valence-corrected chi connectivity index (χ3v) is 7.25. The van der Waals surface area contributed by atoms with Crippen molar-refractivity contribution in [3.8, 4) is 10.4 Å². The molecule has 1 N–H and O–H groups in total. The van der Waals surface area contributed by atoms with Crippen molar-refractivity contribution < 1.29 is 9.59 Å². The molecule has 1 amide bonds. The fraction of sp³-hybridized carbons (Fsp3) is 0.143. The van der Waals surface area contributed by atoms with Gasteiger partial charge in [0.1, 0.15) is 4.83 Å². The molecule has 0 fully saturated rings. The van der Waals surface area contributed by atoms with Crippen LogP contribution in [-0.4, -0.2) is 27.0 Å². The maximum atomic E-state index is 13.0. The highest BCUT2D eigenvalue weighted by Gasteiger charge is 2.17. The number of aromatic nitrogens is 2. The SMILES string of the molecule is CC(=O)c1cccc(NC(=O)CSc2nc3scc(-c4cccs4)c3c(=O)n2C)c1. The van der Waals surface area contributed by atoms with Gasteiger partial charge in [0, 0.05) is 34.1 Å². The van der Waals surface area contributed by atoms with Crippen molar-refractivity contribution in [2.24, 2.45) is 7.05 Å². The summed E-state index contributed by atoms with van der Waals surface area (Å²) in [5, 5.41) is 7.81. The first-order valence-electron chi connectivity index (χ1n) is 9.00. The summed E-state index contributed by atoms with van der Waals surface area (Å²) < 4.78 is 1.49. The molecule has 0 atom stereocenters. The van der Waals surface area contributed by atoms with E-state index in [9.17, 15) is 14.4 Å². The molecule has 0 aliphatic rings. The number of carbonyl (C=O) groups is 2. The van der Waals surface area contributed by atoms with Crippen LogP contribution < -0.4 is 10.9 Å². The maximum Gasteiger partial charge on any atom is 0.263 e. The Bertz CT molecular complexity index is 1310. The molecule has 0 bridgehead atoms. The van der Waals surface area contributed by atoms with Gasteiger partial charge in [0.2, 0.25) is 5.91 Å². The Morgan fingerprint density at radius 1 is 1.20 bits per heavy atom. The van der Waals surface area contributed by atoms with Crippen molar-refractivity contribution in [1.29, 1.82) is 0 Å². The molecule has 0 spiro atoms. The quantitative estimate of drug-likeness (QED) is 0.260. The zero-order chi connectivity index (χ0) is 21.3. The number of carbonyl (C=O) groups excluding carboxylic acids is 2. The van der Waals surface area contributed by atoms with Gasteiger partial charge in [-0.3, -0.25) is 19.0 Å². The summed E-state index contributed by atoms with van der Waals surface area (Å²) in [5.74, 6) is -0.203. The third-order valence-electron chi connectivity index (χ3n) is 4.45. The molecule has 0 aliphatic carbocycles. The number of thiophene rings is 2. The highest BCUT2D eigenvalue weighted by atomic mass is 32.2. The van der Waals surface area contributed by atoms with Crippen molar-refractivity contribution in [3.63, 3.8) is 0 Å². The van der Waals surface area contributed by atoms with Crippen LogP contribution in [0.25, 0.3) is 20.7 Å².